The summed E-state index contributed by atoms with van der Waals surface area (Å²) >= 11 is 0. The number of ether oxygens (including phenoxy) is 1. The highest BCUT2D eigenvalue weighted by Crippen LogP contribution is 2.32. The third-order valence-electron chi connectivity index (χ3n) is 7.34. The van der Waals surface area contributed by atoms with Gasteiger partial charge in [-0.3, -0.25) is 4.90 Å². The minimum atomic E-state index is -0.942. The van der Waals surface area contributed by atoms with Crippen molar-refractivity contribution in [1.82, 2.24) is 14.9 Å². The average molecular weight is 472 g/mol. The van der Waals surface area contributed by atoms with Crippen LogP contribution in [0.2, 0.25) is 0 Å². The number of carbonyl (C=O) groups is 1. The predicted octanol–water partition coefficient (Wildman–Crippen LogP) is 4.03. The second kappa shape index (κ2) is 9.28. The first-order chi connectivity index (χ1) is 17.1. The summed E-state index contributed by atoms with van der Waals surface area (Å²) in [5.74, 6) is -0.440. The molecule has 35 heavy (non-hydrogen) atoms. The van der Waals surface area contributed by atoms with Crippen LogP contribution in [0.25, 0.3) is 11.3 Å². The van der Waals surface area contributed by atoms with Crippen molar-refractivity contribution in [3.8, 4) is 11.3 Å². The summed E-state index contributed by atoms with van der Waals surface area (Å²) in [6.45, 7) is 4.38. The molecule has 180 valence electrons. The van der Waals surface area contributed by atoms with Gasteiger partial charge in [0.15, 0.2) is 0 Å². The number of carboxylic acid groups (broad SMARTS) is 1. The highest BCUT2D eigenvalue weighted by Gasteiger charge is 2.41. The molecule has 4 fully saturated rings. The number of hydrogen-bond donors (Lipinski definition) is 2. The smallest absolute Gasteiger partial charge is 0.335 e. The zero-order valence-electron chi connectivity index (χ0n) is 19.5. The van der Waals surface area contributed by atoms with Crippen molar-refractivity contribution in [2.24, 2.45) is 0 Å². The number of anilines is 3. The van der Waals surface area contributed by atoms with Crippen molar-refractivity contribution < 1.29 is 14.6 Å². The second-order valence-corrected chi connectivity index (χ2v) is 9.61. The van der Waals surface area contributed by atoms with Gasteiger partial charge >= 0.3 is 5.97 Å². The number of fused-ring (bicyclic) bond motifs is 2. The van der Waals surface area contributed by atoms with Crippen LogP contribution in [0.4, 0.5) is 17.3 Å². The van der Waals surface area contributed by atoms with Crippen molar-refractivity contribution in [3.63, 3.8) is 0 Å². The molecule has 0 radical (unpaired) electrons. The van der Waals surface area contributed by atoms with Crippen LogP contribution < -0.4 is 10.2 Å². The monoisotopic (exact) mass is 471 g/mol. The molecule has 0 spiro atoms. The molecule has 7 rings (SSSR count). The number of carboxylic acids is 1. The quantitative estimate of drug-likeness (QED) is 0.557. The third kappa shape index (κ3) is 4.72. The Morgan fingerprint density at radius 1 is 0.971 bits per heavy atom. The molecule has 2 unspecified atom stereocenters. The summed E-state index contributed by atoms with van der Waals surface area (Å²) in [5, 5.41) is 12.4. The van der Waals surface area contributed by atoms with Gasteiger partial charge < -0.3 is 20.1 Å². The molecule has 3 aromatic rings. The molecule has 4 saturated heterocycles. The molecule has 0 amide bonds. The number of aromatic carboxylic acids is 1. The standard InChI is InChI=1S/C27H29N5O3/c33-26(34)19-3-1-18(2-4-19)25-9-12-28-27(30-25)29-20-5-7-21(8-6-20)31-13-10-22(11-14-31)32-16-23-15-24(17-32)35-23/h1-9,12,22-24H,10-11,13-17H2,(H,33,34)(H,28,29,30). The molecule has 2 N–H and O–H groups in total. The third-order valence-corrected chi connectivity index (χ3v) is 7.34. The van der Waals surface area contributed by atoms with E-state index in [1.54, 1.807) is 30.5 Å². The Kier molecular flexibility index (Phi) is 5.83. The largest absolute Gasteiger partial charge is 0.478 e. The van der Waals surface area contributed by atoms with Gasteiger partial charge in [0.1, 0.15) is 0 Å². The van der Waals surface area contributed by atoms with Crippen LogP contribution in [0.3, 0.4) is 0 Å². The Hall–Kier alpha value is -3.49. The maximum absolute atomic E-state index is 11.1. The number of aromatic nitrogens is 2. The lowest BCUT2D eigenvalue weighted by molar-refractivity contribution is -0.189. The van der Waals surface area contributed by atoms with E-state index < -0.39 is 5.97 Å². The number of nitrogens with zero attached hydrogens (tertiary/aromatic N) is 4. The van der Waals surface area contributed by atoms with Gasteiger partial charge in [-0.15, -0.1) is 0 Å². The molecular weight excluding hydrogens is 442 g/mol. The van der Waals surface area contributed by atoms with Gasteiger partial charge in [-0.1, -0.05) is 12.1 Å². The van der Waals surface area contributed by atoms with Crippen LogP contribution in [0, 0.1) is 0 Å². The van der Waals surface area contributed by atoms with E-state index in [-0.39, 0.29) is 5.56 Å². The van der Waals surface area contributed by atoms with Crippen molar-refractivity contribution in [2.45, 2.75) is 37.5 Å². The van der Waals surface area contributed by atoms with Gasteiger partial charge in [0.05, 0.1) is 23.5 Å². The maximum Gasteiger partial charge on any atom is 0.335 e. The highest BCUT2D eigenvalue weighted by atomic mass is 16.5. The normalized spacial score (nSPS) is 22.5. The fourth-order valence-corrected chi connectivity index (χ4v) is 5.42. The molecular formula is C27H29N5O3. The van der Waals surface area contributed by atoms with Gasteiger partial charge in [0, 0.05) is 61.8 Å². The van der Waals surface area contributed by atoms with E-state index in [1.165, 1.54) is 24.9 Å². The van der Waals surface area contributed by atoms with Crippen LogP contribution in [-0.2, 0) is 4.74 Å². The lowest BCUT2D eigenvalue weighted by Gasteiger charge is -2.51. The van der Waals surface area contributed by atoms with Crippen molar-refractivity contribution in [1.29, 1.82) is 0 Å². The van der Waals surface area contributed by atoms with E-state index >= 15 is 0 Å². The van der Waals surface area contributed by atoms with E-state index in [1.807, 2.05) is 6.07 Å². The zero-order valence-corrected chi connectivity index (χ0v) is 19.5. The summed E-state index contributed by atoms with van der Waals surface area (Å²) in [7, 11) is 0. The molecule has 2 bridgehead atoms. The fraction of sp³-hybridized carbons (Fsp3) is 0.370. The molecule has 5 heterocycles. The predicted molar refractivity (Wildman–Crippen MR) is 134 cm³/mol. The molecule has 8 nitrogen and oxygen atoms in total. The van der Waals surface area contributed by atoms with Gasteiger partial charge in [0.25, 0.3) is 0 Å². The van der Waals surface area contributed by atoms with E-state index in [2.05, 4.69) is 49.4 Å². The van der Waals surface area contributed by atoms with Crippen molar-refractivity contribution in [3.05, 3.63) is 66.4 Å². The summed E-state index contributed by atoms with van der Waals surface area (Å²) in [4.78, 5) is 25.1. The van der Waals surface area contributed by atoms with Gasteiger partial charge in [-0.25, -0.2) is 14.8 Å². The van der Waals surface area contributed by atoms with Crippen molar-refractivity contribution in [2.75, 3.05) is 36.4 Å². The van der Waals surface area contributed by atoms with E-state index in [4.69, 9.17) is 9.84 Å². The number of piperidine rings is 2. The lowest BCUT2D eigenvalue weighted by atomic mass is 9.94. The molecule has 4 aliphatic heterocycles. The Bertz CT molecular complexity index is 1180. The Morgan fingerprint density at radius 2 is 1.66 bits per heavy atom. The Morgan fingerprint density at radius 3 is 2.31 bits per heavy atom. The van der Waals surface area contributed by atoms with Crippen molar-refractivity contribution >= 4 is 23.3 Å². The summed E-state index contributed by atoms with van der Waals surface area (Å²) in [6, 6.07) is 17.6. The Balaban J connectivity index is 1.06. The highest BCUT2D eigenvalue weighted by molar-refractivity contribution is 5.88. The number of nitrogens with one attached hydrogen (secondary N) is 1. The molecule has 2 atom stereocenters. The van der Waals surface area contributed by atoms with E-state index in [0.29, 0.717) is 24.2 Å². The molecule has 0 aliphatic carbocycles. The second-order valence-electron chi connectivity index (χ2n) is 9.61. The van der Waals surface area contributed by atoms with E-state index in [0.717, 1.165) is 43.1 Å². The summed E-state index contributed by atoms with van der Waals surface area (Å²) in [6.07, 6.45) is 6.32. The molecule has 4 aliphatic rings. The fourth-order valence-electron chi connectivity index (χ4n) is 5.42. The van der Waals surface area contributed by atoms with Gasteiger partial charge in [-0.05, 0) is 55.3 Å². The summed E-state index contributed by atoms with van der Waals surface area (Å²) < 4.78 is 5.79. The first kappa shape index (κ1) is 22.0. The summed E-state index contributed by atoms with van der Waals surface area (Å²) in [5.41, 5.74) is 3.99. The van der Waals surface area contributed by atoms with Crippen LogP contribution in [0.5, 0.6) is 0 Å². The van der Waals surface area contributed by atoms with Crippen LogP contribution in [0.15, 0.2) is 60.8 Å². The van der Waals surface area contributed by atoms with Gasteiger partial charge in [0.2, 0.25) is 5.95 Å². The number of hydrogen-bond acceptors (Lipinski definition) is 7. The number of benzene rings is 2. The minimum Gasteiger partial charge on any atom is -0.478 e. The molecule has 2 aromatic carbocycles. The maximum atomic E-state index is 11.1. The van der Waals surface area contributed by atoms with E-state index in [9.17, 15) is 4.79 Å². The first-order valence-electron chi connectivity index (χ1n) is 12.3. The molecule has 1 aromatic heterocycles. The Labute approximate surface area is 204 Å². The number of morpholine rings is 1. The van der Waals surface area contributed by atoms with Crippen LogP contribution in [-0.4, -0.2) is 70.4 Å². The molecule has 0 saturated carbocycles. The number of rotatable bonds is 6. The SMILES string of the molecule is O=C(O)c1ccc(-c2ccnc(Nc3ccc(N4CCC(N5CC6CC(C5)O6)CC4)cc3)n2)cc1. The topological polar surface area (TPSA) is 90.8 Å². The van der Waals surface area contributed by atoms with Crippen LogP contribution in [0.1, 0.15) is 29.6 Å². The zero-order chi connectivity index (χ0) is 23.8. The van der Waals surface area contributed by atoms with Crippen LogP contribution >= 0.6 is 0 Å². The lowest BCUT2D eigenvalue weighted by Crippen LogP contribution is -2.61. The average Bonchev–Trinajstić information content (AvgIpc) is 2.89. The first-order valence-corrected chi connectivity index (χ1v) is 12.3. The molecule has 8 heteroatoms. The minimum absolute atomic E-state index is 0.253. The van der Waals surface area contributed by atoms with Gasteiger partial charge in [-0.2, -0.15) is 0 Å².